The summed E-state index contributed by atoms with van der Waals surface area (Å²) in [6.45, 7) is 9.75. The maximum Gasteiger partial charge on any atom is 0.333 e. The highest BCUT2D eigenvalue weighted by Crippen LogP contribution is 2.31. The Balaban J connectivity index is 2.92. The average Bonchev–Trinajstić information content (AvgIpc) is 2.52. The second kappa shape index (κ2) is 10.2. The van der Waals surface area contributed by atoms with Crippen molar-refractivity contribution in [2.45, 2.75) is 71.3 Å². The fourth-order valence-corrected chi connectivity index (χ4v) is 2.75. The van der Waals surface area contributed by atoms with Gasteiger partial charge >= 0.3 is 5.97 Å². The zero-order valence-electron chi connectivity index (χ0n) is 14.3. The van der Waals surface area contributed by atoms with Crippen LogP contribution in [0.2, 0.25) is 0 Å². The van der Waals surface area contributed by atoms with E-state index in [0.29, 0.717) is 5.57 Å². The SMILES string of the molecule is C=C(C)C(=O)OC(CCC)C(CCCCC)c1ccccc1. The van der Waals surface area contributed by atoms with E-state index in [1.54, 1.807) is 6.92 Å². The van der Waals surface area contributed by atoms with E-state index in [1.165, 1.54) is 24.8 Å². The molecule has 2 heteroatoms. The minimum absolute atomic E-state index is 0.0616. The van der Waals surface area contributed by atoms with Crippen LogP contribution < -0.4 is 0 Å². The van der Waals surface area contributed by atoms with Gasteiger partial charge in [0, 0.05) is 11.5 Å². The van der Waals surface area contributed by atoms with Gasteiger partial charge < -0.3 is 4.74 Å². The van der Waals surface area contributed by atoms with Gasteiger partial charge in [0.15, 0.2) is 0 Å². The molecule has 0 spiro atoms. The molecule has 2 nitrogen and oxygen atoms in total. The number of benzene rings is 1. The van der Waals surface area contributed by atoms with E-state index < -0.39 is 0 Å². The zero-order valence-corrected chi connectivity index (χ0v) is 14.3. The summed E-state index contributed by atoms with van der Waals surface area (Å²) in [5.74, 6) is 0.00544. The molecule has 1 aromatic rings. The molecule has 0 heterocycles. The summed E-state index contributed by atoms with van der Waals surface area (Å²) < 4.78 is 5.76. The normalized spacial score (nSPS) is 13.4. The molecule has 0 aromatic heterocycles. The largest absolute Gasteiger partial charge is 0.458 e. The lowest BCUT2D eigenvalue weighted by Gasteiger charge is -2.27. The molecule has 0 saturated carbocycles. The van der Waals surface area contributed by atoms with Gasteiger partial charge in [0.2, 0.25) is 0 Å². The number of hydrogen-bond donors (Lipinski definition) is 0. The van der Waals surface area contributed by atoms with Gasteiger partial charge in [0.1, 0.15) is 6.10 Å². The van der Waals surface area contributed by atoms with Crippen LogP contribution in [0.3, 0.4) is 0 Å². The molecule has 0 N–H and O–H groups in total. The quantitative estimate of drug-likeness (QED) is 0.318. The third-order valence-electron chi connectivity index (χ3n) is 3.98. The van der Waals surface area contributed by atoms with Gasteiger partial charge in [-0.05, 0) is 25.3 Å². The summed E-state index contributed by atoms with van der Waals surface area (Å²) in [6, 6.07) is 10.4. The fourth-order valence-electron chi connectivity index (χ4n) is 2.75. The van der Waals surface area contributed by atoms with Crippen molar-refractivity contribution in [2.75, 3.05) is 0 Å². The summed E-state index contributed by atoms with van der Waals surface area (Å²) in [6.07, 6.45) is 6.48. The first kappa shape index (κ1) is 18.5. The lowest BCUT2D eigenvalue weighted by Crippen LogP contribution is -2.26. The fraction of sp³-hybridized carbons (Fsp3) is 0.550. The maximum absolute atomic E-state index is 12.0. The van der Waals surface area contributed by atoms with Crippen molar-refractivity contribution in [2.24, 2.45) is 0 Å². The molecule has 0 bridgehead atoms. The molecule has 0 aliphatic heterocycles. The Morgan fingerprint density at radius 2 is 1.77 bits per heavy atom. The van der Waals surface area contributed by atoms with Gasteiger partial charge in [-0.3, -0.25) is 0 Å². The Morgan fingerprint density at radius 3 is 2.32 bits per heavy atom. The van der Waals surface area contributed by atoms with Crippen LogP contribution in [0.5, 0.6) is 0 Å². The summed E-state index contributed by atoms with van der Waals surface area (Å²) in [4.78, 5) is 12.0. The van der Waals surface area contributed by atoms with E-state index in [4.69, 9.17) is 4.74 Å². The van der Waals surface area contributed by atoms with Crippen LogP contribution in [0.15, 0.2) is 42.5 Å². The predicted octanol–water partition coefficient (Wildman–Crippen LogP) is 5.64. The maximum atomic E-state index is 12.0. The van der Waals surface area contributed by atoms with Crippen molar-refractivity contribution in [1.82, 2.24) is 0 Å². The first-order chi connectivity index (χ1) is 10.6. The monoisotopic (exact) mass is 302 g/mol. The average molecular weight is 302 g/mol. The van der Waals surface area contributed by atoms with Gasteiger partial charge in [-0.25, -0.2) is 4.79 Å². The molecule has 2 unspecified atom stereocenters. The van der Waals surface area contributed by atoms with E-state index >= 15 is 0 Å². The number of ether oxygens (including phenoxy) is 1. The molecule has 0 aliphatic rings. The van der Waals surface area contributed by atoms with Crippen LogP contribution in [-0.4, -0.2) is 12.1 Å². The number of hydrogen-bond acceptors (Lipinski definition) is 2. The highest BCUT2D eigenvalue weighted by Gasteiger charge is 2.25. The zero-order chi connectivity index (χ0) is 16.4. The van der Waals surface area contributed by atoms with E-state index in [2.05, 4.69) is 44.7 Å². The third-order valence-corrected chi connectivity index (χ3v) is 3.98. The molecule has 1 rings (SSSR count). The standard InChI is InChI=1S/C20H30O2/c1-5-7-9-15-18(17-13-10-8-11-14-17)19(12-6-2)22-20(21)16(3)4/h8,10-11,13-14,18-19H,3,5-7,9,12,15H2,1-2,4H3. The van der Waals surface area contributed by atoms with Crippen molar-refractivity contribution < 1.29 is 9.53 Å². The molecule has 122 valence electrons. The Morgan fingerprint density at radius 1 is 1.09 bits per heavy atom. The molecular weight excluding hydrogens is 272 g/mol. The summed E-state index contributed by atoms with van der Waals surface area (Å²) in [5, 5.41) is 0. The summed E-state index contributed by atoms with van der Waals surface area (Å²) >= 11 is 0. The van der Waals surface area contributed by atoms with Gasteiger partial charge in [-0.2, -0.15) is 0 Å². The Labute approximate surface area is 135 Å². The summed E-state index contributed by atoms with van der Waals surface area (Å²) in [7, 11) is 0. The van der Waals surface area contributed by atoms with Crippen molar-refractivity contribution >= 4 is 5.97 Å². The van der Waals surface area contributed by atoms with E-state index in [1.807, 2.05) is 6.07 Å². The van der Waals surface area contributed by atoms with Gasteiger partial charge in [0.05, 0.1) is 0 Å². The molecule has 1 aromatic carbocycles. The van der Waals surface area contributed by atoms with Crippen LogP contribution in [0.25, 0.3) is 0 Å². The van der Waals surface area contributed by atoms with Crippen LogP contribution >= 0.6 is 0 Å². The Hall–Kier alpha value is -1.57. The number of unbranched alkanes of at least 4 members (excludes halogenated alkanes) is 2. The van der Waals surface area contributed by atoms with Gasteiger partial charge in [0.25, 0.3) is 0 Å². The first-order valence-corrected chi connectivity index (χ1v) is 8.51. The lowest BCUT2D eigenvalue weighted by molar-refractivity contribution is -0.145. The number of rotatable bonds is 10. The Bertz CT molecular complexity index is 450. The number of carbonyl (C=O) groups excluding carboxylic acids is 1. The van der Waals surface area contributed by atoms with Crippen molar-refractivity contribution in [3.05, 3.63) is 48.0 Å². The number of carbonyl (C=O) groups is 1. The second-order valence-electron chi connectivity index (χ2n) is 6.03. The molecule has 0 saturated heterocycles. The molecule has 0 fully saturated rings. The smallest absolute Gasteiger partial charge is 0.333 e. The highest BCUT2D eigenvalue weighted by atomic mass is 16.5. The molecule has 0 amide bonds. The molecule has 0 radical (unpaired) electrons. The molecular formula is C20H30O2. The first-order valence-electron chi connectivity index (χ1n) is 8.51. The minimum atomic E-state index is -0.269. The van der Waals surface area contributed by atoms with Crippen molar-refractivity contribution in [3.63, 3.8) is 0 Å². The van der Waals surface area contributed by atoms with E-state index in [-0.39, 0.29) is 18.0 Å². The topological polar surface area (TPSA) is 26.3 Å². The lowest BCUT2D eigenvalue weighted by atomic mass is 9.86. The van der Waals surface area contributed by atoms with Crippen LogP contribution in [0.4, 0.5) is 0 Å². The van der Waals surface area contributed by atoms with E-state index in [0.717, 1.165) is 19.3 Å². The minimum Gasteiger partial charge on any atom is -0.458 e. The summed E-state index contributed by atoms with van der Waals surface area (Å²) in [5.41, 5.74) is 1.74. The van der Waals surface area contributed by atoms with Gasteiger partial charge in [-0.15, -0.1) is 0 Å². The van der Waals surface area contributed by atoms with Crippen LogP contribution in [0, 0.1) is 0 Å². The van der Waals surface area contributed by atoms with Crippen molar-refractivity contribution in [1.29, 1.82) is 0 Å². The Kier molecular flexibility index (Phi) is 8.57. The van der Waals surface area contributed by atoms with Crippen LogP contribution in [-0.2, 0) is 9.53 Å². The second-order valence-corrected chi connectivity index (χ2v) is 6.03. The molecule has 22 heavy (non-hydrogen) atoms. The van der Waals surface area contributed by atoms with E-state index in [9.17, 15) is 4.79 Å². The molecule has 2 atom stereocenters. The van der Waals surface area contributed by atoms with Crippen molar-refractivity contribution in [3.8, 4) is 0 Å². The third kappa shape index (κ3) is 6.05. The molecule has 0 aliphatic carbocycles. The number of esters is 1. The highest BCUT2D eigenvalue weighted by molar-refractivity contribution is 5.87. The van der Waals surface area contributed by atoms with Gasteiger partial charge in [-0.1, -0.05) is 76.4 Å². The predicted molar refractivity (Wildman–Crippen MR) is 92.9 cm³/mol. The van der Waals surface area contributed by atoms with Crippen LogP contribution in [0.1, 0.15) is 70.8 Å².